The first-order chi connectivity index (χ1) is 35.0. The van der Waals surface area contributed by atoms with Crippen LogP contribution in [-0.2, 0) is 70.4 Å². The summed E-state index contributed by atoms with van der Waals surface area (Å²) >= 11 is 0. The number of hydrogen-bond acceptors (Lipinski definition) is 15. The Kier molecular flexibility index (Phi) is 19.9. The summed E-state index contributed by atoms with van der Waals surface area (Å²) in [4.78, 5) is 168. The zero-order valence-electron chi connectivity index (χ0n) is 40.7. The molecular formula is C46H63N13O15. The van der Waals surface area contributed by atoms with Crippen molar-refractivity contribution in [2.75, 3.05) is 26.2 Å². The molecule has 10 amide bonds. The number of phenolic OH excluding ortho intramolecular Hbond substituents is 1. The summed E-state index contributed by atoms with van der Waals surface area (Å²) < 4.78 is 0. The summed E-state index contributed by atoms with van der Waals surface area (Å²) in [5.41, 5.74) is 11.9. The van der Waals surface area contributed by atoms with Crippen LogP contribution in [0.3, 0.4) is 0 Å². The molecule has 3 fully saturated rings. The second-order valence-corrected chi connectivity index (χ2v) is 18.4. The van der Waals surface area contributed by atoms with Gasteiger partial charge in [0.2, 0.25) is 59.1 Å². The van der Waals surface area contributed by atoms with E-state index in [0.717, 1.165) is 0 Å². The van der Waals surface area contributed by atoms with E-state index in [9.17, 15) is 67.7 Å². The summed E-state index contributed by atoms with van der Waals surface area (Å²) in [6.07, 6.45) is 2.85. The van der Waals surface area contributed by atoms with Gasteiger partial charge in [0.05, 0.1) is 31.8 Å². The van der Waals surface area contributed by atoms with Crippen molar-refractivity contribution in [3.63, 3.8) is 0 Å². The molecule has 0 aliphatic carbocycles. The lowest BCUT2D eigenvalue weighted by atomic mass is 10.0. The maximum absolute atomic E-state index is 14.3. The minimum absolute atomic E-state index is 0.0919. The van der Waals surface area contributed by atoms with Gasteiger partial charge in [-0.05, 0) is 70.1 Å². The number of carbonyl (C=O) groups is 12. The average Bonchev–Trinajstić information content (AvgIpc) is 4.21. The smallest absolute Gasteiger partial charge is 0.325 e. The molecule has 0 saturated carbocycles. The fourth-order valence-corrected chi connectivity index (χ4v) is 8.93. The number of carbonyl (C=O) groups excluding carboxylic acids is 10. The first-order valence-corrected chi connectivity index (χ1v) is 24.0. The number of nitrogens with one attached hydrogen (secondary N) is 7. The first kappa shape index (κ1) is 56.7. The molecule has 3 aliphatic heterocycles. The lowest BCUT2D eigenvalue weighted by Crippen LogP contribution is -2.60. The van der Waals surface area contributed by atoms with Gasteiger partial charge in [0.15, 0.2) is 0 Å². The van der Waals surface area contributed by atoms with Gasteiger partial charge in [-0.1, -0.05) is 12.1 Å². The van der Waals surface area contributed by atoms with Crippen LogP contribution in [0.4, 0.5) is 0 Å². The maximum atomic E-state index is 14.3. The maximum Gasteiger partial charge on any atom is 0.325 e. The molecule has 3 aliphatic rings. The van der Waals surface area contributed by atoms with Crippen molar-refractivity contribution < 1.29 is 72.9 Å². The molecule has 5 rings (SSSR count). The normalized spacial score (nSPS) is 19.7. The molecule has 3 saturated heterocycles. The number of amides is 10. The van der Waals surface area contributed by atoms with Crippen molar-refractivity contribution in [1.82, 2.24) is 56.6 Å². The molecule has 0 unspecified atom stereocenters. The number of phenols is 1. The van der Waals surface area contributed by atoms with E-state index in [4.69, 9.17) is 16.6 Å². The van der Waals surface area contributed by atoms with Crippen LogP contribution in [0.2, 0.25) is 0 Å². The minimum Gasteiger partial charge on any atom is -0.508 e. The highest BCUT2D eigenvalue weighted by Crippen LogP contribution is 2.29. The lowest BCUT2D eigenvalue weighted by molar-refractivity contribution is -0.151. The topological polar surface area (TPSA) is 428 Å². The second-order valence-electron chi connectivity index (χ2n) is 18.4. The number of nitrogens with zero attached hydrogens (tertiary/aromatic N) is 4. The van der Waals surface area contributed by atoms with Crippen LogP contribution in [0.1, 0.15) is 76.5 Å². The Hall–Kier alpha value is -8.17. The number of rotatable bonds is 24. The van der Waals surface area contributed by atoms with Crippen molar-refractivity contribution in [3.05, 3.63) is 48.0 Å². The third kappa shape index (κ3) is 15.4. The quantitative estimate of drug-likeness (QED) is 0.0470. The Morgan fingerprint density at radius 3 is 1.81 bits per heavy atom. The largest absolute Gasteiger partial charge is 0.508 e. The number of imidazole rings is 1. The van der Waals surface area contributed by atoms with E-state index in [1.165, 1.54) is 65.3 Å². The molecule has 0 radical (unpaired) electrons. The van der Waals surface area contributed by atoms with Gasteiger partial charge >= 0.3 is 11.9 Å². The molecule has 74 heavy (non-hydrogen) atoms. The summed E-state index contributed by atoms with van der Waals surface area (Å²) in [5, 5.41) is 42.9. The van der Waals surface area contributed by atoms with Crippen LogP contribution in [0.5, 0.6) is 5.75 Å². The van der Waals surface area contributed by atoms with Gasteiger partial charge in [0.1, 0.15) is 54.1 Å². The fraction of sp³-hybridized carbons (Fsp3) is 0.543. The van der Waals surface area contributed by atoms with Gasteiger partial charge in [0, 0.05) is 44.4 Å². The highest BCUT2D eigenvalue weighted by Gasteiger charge is 2.46. The molecular weight excluding hydrogens is 975 g/mol. The third-order valence-electron chi connectivity index (χ3n) is 12.8. The van der Waals surface area contributed by atoms with E-state index in [1.807, 2.05) is 0 Å². The van der Waals surface area contributed by atoms with E-state index in [1.54, 1.807) is 0 Å². The standard InChI is InChI=1S/C46H63N13O15/c1-23(38(65)54-31(19-37(63)64)41(68)55-30(17-26-20-49-22-51-26)39(66)50-21-36(62)52-24(2)46(73)74)53-40(67)29(16-25-9-11-27(60)12-10-25)56-42(69)32-6-3-13-57(32)44(71)34-8-5-15-59(34)45(72)33-7-4-14-58(33)43(70)28(47)18-35(48)61/h9-12,20,22-24,28-34,60H,3-8,13-19,21,47H2,1-2H3,(H2,48,61)(H,49,51)(H,50,66)(H,52,62)(H,53,67)(H,54,65)(H,55,68)(H,56,69)(H,63,64)(H,73,74)/t23-,24-,28-,29-,30-,31-,32-,33-,34-/m0/s1. The van der Waals surface area contributed by atoms with Crippen LogP contribution in [-0.4, -0.2) is 192 Å². The summed E-state index contributed by atoms with van der Waals surface area (Å²) in [5.74, 6) is -11.0. The Labute approximate surface area is 423 Å². The monoisotopic (exact) mass is 1040 g/mol. The van der Waals surface area contributed by atoms with Crippen molar-refractivity contribution in [2.24, 2.45) is 11.5 Å². The van der Waals surface area contributed by atoms with Crippen LogP contribution in [0.15, 0.2) is 36.8 Å². The fourth-order valence-electron chi connectivity index (χ4n) is 8.93. The Balaban J connectivity index is 1.26. The predicted molar refractivity (Wildman–Crippen MR) is 254 cm³/mol. The number of aromatic nitrogens is 2. The number of H-pyrrole nitrogens is 1. The van der Waals surface area contributed by atoms with Crippen molar-refractivity contribution in [1.29, 1.82) is 0 Å². The number of likely N-dealkylation sites (tertiary alicyclic amines) is 3. The molecule has 0 spiro atoms. The van der Waals surface area contributed by atoms with Gasteiger partial charge in [-0.15, -0.1) is 0 Å². The zero-order chi connectivity index (χ0) is 54.4. The molecule has 9 atom stereocenters. The molecule has 1 aromatic carbocycles. The second kappa shape index (κ2) is 26.0. The molecule has 28 heteroatoms. The van der Waals surface area contributed by atoms with Gasteiger partial charge in [-0.2, -0.15) is 0 Å². The minimum atomic E-state index is -1.84. The van der Waals surface area contributed by atoms with Crippen LogP contribution in [0, 0.1) is 0 Å². The number of aromatic hydroxyl groups is 1. The SMILES string of the molecule is C[C@H](NC(=O)CNC(=O)[C@H](Cc1cnc[nH]1)NC(=O)[C@H](CC(=O)O)NC(=O)[C@H](C)NC(=O)[C@H](Cc1ccc(O)cc1)NC(=O)[C@@H]1CCCN1C(=O)[C@@H]1CCCN1C(=O)[C@@H]1CCCN1C(=O)[C@@H](N)CC(N)=O)C(=O)O. The van der Waals surface area contributed by atoms with Gasteiger partial charge in [0.25, 0.3) is 0 Å². The van der Waals surface area contributed by atoms with Gasteiger partial charge in [-0.25, -0.2) is 4.98 Å². The van der Waals surface area contributed by atoms with E-state index in [-0.39, 0.29) is 51.1 Å². The number of aromatic amines is 1. The van der Waals surface area contributed by atoms with Gasteiger partial charge < -0.3 is 78.4 Å². The Morgan fingerprint density at radius 2 is 1.23 bits per heavy atom. The predicted octanol–water partition coefficient (Wildman–Crippen LogP) is -4.78. The number of hydrogen-bond donors (Lipinski definition) is 12. The highest BCUT2D eigenvalue weighted by atomic mass is 16.4. The average molecular weight is 1040 g/mol. The zero-order valence-corrected chi connectivity index (χ0v) is 40.7. The lowest BCUT2D eigenvalue weighted by Gasteiger charge is -2.34. The molecule has 28 nitrogen and oxygen atoms in total. The molecule has 14 N–H and O–H groups in total. The summed E-state index contributed by atoms with van der Waals surface area (Å²) in [6.45, 7) is 2.28. The van der Waals surface area contributed by atoms with E-state index >= 15 is 0 Å². The number of primary amides is 1. The van der Waals surface area contributed by atoms with Crippen LogP contribution < -0.4 is 43.4 Å². The number of nitrogens with two attached hydrogens (primary N) is 2. The third-order valence-corrected chi connectivity index (χ3v) is 12.8. The van der Waals surface area contributed by atoms with Crippen LogP contribution in [0.25, 0.3) is 0 Å². The first-order valence-electron chi connectivity index (χ1n) is 24.0. The van der Waals surface area contributed by atoms with Crippen molar-refractivity contribution >= 4 is 71.0 Å². The Morgan fingerprint density at radius 1 is 0.676 bits per heavy atom. The Bertz CT molecular complexity index is 2440. The molecule has 1 aromatic heterocycles. The van der Waals surface area contributed by atoms with Crippen molar-refractivity contribution in [3.8, 4) is 5.75 Å². The molecule has 4 heterocycles. The number of benzene rings is 1. The number of carboxylic acid groups (broad SMARTS) is 2. The van der Waals surface area contributed by atoms with Crippen molar-refractivity contribution in [2.45, 2.75) is 132 Å². The number of carboxylic acids is 2. The highest BCUT2D eigenvalue weighted by molar-refractivity contribution is 5.99. The van der Waals surface area contributed by atoms with E-state index in [2.05, 4.69) is 41.9 Å². The van der Waals surface area contributed by atoms with E-state index < -0.39 is 145 Å². The molecule has 2 aromatic rings. The number of aliphatic carboxylic acids is 2. The molecule has 402 valence electrons. The van der Waals surface area contributed by atoms with Gasteiger partial charge in [-0.3, -0.25) is 57.5 Å². The van der Waals surface area contributed by atoms with E-state index in [0.29, 0.717) is 36.9 Å². The summed E-state index contributed by atoms with van der Waals surface area (Å²) in [6, 6.07) is -6.10. The van der Waals surface area contributed by atoms with Crippen LogP contribution >= 0.6 is 0 Å². The molecule has 0 bridgehead atoms. The summed E-state index contributed by atoms with van der Waals surface area (Å²) in [7, 11) is 0.